The minimum atomic E-state index is -1.38. The number of halogens is 3. The molecular formula is C15H9ClF2O2. The van der Waals surface area contributed by atoms with E-state index in [4.69, 9.17) is 16.0 Å². The van der Waals surface area contributed by atoms with E-state index in [1.807, 2.05) is 0 Å². The van der Waals surface area contributed by atoms with Gasteiger partial charge in [-0.1, -0.05) is 23.7 Å². The number of aliphatic hydroxyl groups is 1. The van der Waals surface area contributed by atoms with Crippen molar-refractivity contribution in [2.75, 3.05) is 0 Å². The van der Waals surface area contributed by atoms with E-state index >= 15 is 0 Å². The first-order chi connectivity index (χ1) is 9.56. The van der Waals surface area contributed by atoms with Crippen molar-refractivity contribution in [3.05, 3.63) is 70.4 Å². The third-order valence-electron chi connectivity index (χ3n) is 3.04. The molecule has 0 spiro atoms. The maximum absolute atomic E-state index is 13.7. The van der Waals surface area contributed by atoms with Crippen LogP contribution in [-0.4, -0.2) is 5.11 Å². The van der Waals surface area contributed by atoms with E-state index in [1.165, 1.54) is 12.1 Å². The van der Waals surface area contributed by atoms with E-state index in [0.29, 0.717) is 16.0 Å². The standard InChI is InChI=1S/C15H9ClF2O2/c16-9-4-5-12-8(6-9)7-13(20-12)15(19)10-2-1-3-11(17)14(10)18/h1-7,15,19H. The Labute approximate surface area is 118 Å². The van der Waals surface area contributed by atoms with Crippen molar-refractivity contribution in [2.45, 2.75) is 6.10 Å². The summed E-state index contributed by atoms with van der Waals surface area (Å²) in [4.78, 5) is 0. The Morgan fingerprint density at radius 2 is 1.90 bits per heavy atom. The van der Waals surface area contributed by atoms with E-state index in [-0.39, 0.29) is 11.3 Å². The zero-order chi connectivity index (χ0) is 14.3. The van der Waals surface area contributed by atoms with Crippen LogP contribution >= 0.6 is 11.6 Å². The van der Waals surface area contributed by atoms with Crippen molar-refractivity contribution in [3.63, 3.8) is 0 Å². The summed E-state index contributed by atoms with van der Waals surface area (Å²) in [6, 6.07) is 10.1. The molecule has 0 aliphatic rings. The van der Waals surface area contributed by atoms with Gasteiger partial charge in [-0.15, -0.1) is 0 Å². The van der Waals surface area contributed by atoms with Gasteiger partial charge in [0, 0.05) is 16.0 Å². The van der Waals surface area contributed by atoms with Crippen LogP contribution in [0.4, 0.5) is 8.78 Å². The molecule has 1 atom stereocenters. The van der Waals surface area contributed by atoms with E-state index < -0.39 is 17.7 Å². The Kier molecular flexibility index (Phi) is 3.20. The van der Waals surface area contributed by atoms with Crippen LogP contribution in [0.25, 0.3) is 11.0 Å². The number of fused-ring (bicyclic) bond motifs is 1. The maximum atomic E-state index is 13.7. The van der Waals surface area contributed by atoms with Gasteiger partial charge in [-0.25, -0.2) is 8.78 Å². The normalized spacial score (nSPS) is 12.8. The highest BCUT2D eigenvalue weighted by atomic mass is 35.5. The Balaban J connectivity index is 2.08. The van der Waals surface area contributed by atoms with Gasteiger partial charge in [0.15, 0.2) is 11.6 Å². The molecule has 0 aliphatic heterocycles. The van der Waals surface area contributed by atoms with Crippen LogP contribution in [0, 0.1) is 11.6 Å². The Morgan fingerprint density at radius 1 is 1.10 bits per heavy atom. The van der Waals surface area contributed by atoms with E-state index in [9.17, 15) is 13.9 Å². The lowest BCUT2D eigenvalue weighted by atomic mass is 10.1. The first-order valence-corrected chi connectivity index (χ1v) is 6.25. The second-order valence-electron chi connectivity index (χ2n) is 4.38. The Hall–Kier alpha value is -1.91. The van der Waals surface area contributed by atoms with Gasteiger partial charge in [0.25, 0.3) is 0 Å². The second-order valence-corrected chi connectivity index (χ2v) is 4.81. The number of rotatable bonds is 2. The molecule has 0 amide bonds. The SMILES string of the molecule is OC(c1cc2cc(Cl)ccc2o1)c1cccc(F)c1F. The van der Waals surface area contributed by atoms with Crippen LogP contribution in [0.15, 0.2) is 46.9 Å². The maximum Gasteiger partial charge on any atom is 0.165 e. The molecule has 0 bridgehead atoms. The molecule has 0 saturated carbocycles. The molecule has 102 valence electrons. The van der Waals surface area contributed by atoms with E-state index in [1.54, 1.807) is 24.3 Å². The largest absolute Gasteiger partial charge is 0.458 e. The van der Waals surface area contributed by atoms with Crippen molar-refractivity contribution in [1.29, 1.82) is 0 Å². The highest BCUT2D eigenvalue weighted by molar-refractivity contribution is 6.31. The molecule has 3 rings (SSSR count). The average Bonchev–Trinajstić information content (AvgIpc) is 2.84. The summed E-state index contributed by atoms with van der Waals surface area (Å²) in [7, 11) is 0. The zero-order valence-corrected chi connectivity index (χ0v) is 10.9. The average molecular weight is 295 g/mol. The smallest absolute Gasteiger partial charge is 0.165 e. The van der Waals surface area contributed by atoms with E-state index in [2.05, 4.69) is 0 Å². The third kappa shape index (κ3) is 2.17. The first-order valence-electron chi connectivity index (χ1n) is 5.87. The minimum Gasteiger partial charge on any atom is -0.458 e. The van der Waals surface area contributed by atoms with Gasteiger partial charge in [0.05, 0.1) is 0 Å². The lowest BCUT2D eigenvalue weighted by molar-refractivity contribution is 0.186. The molecule has 2 nitrogen and oxygen atoms in total. The lowest BCUT2D eigenvalue weighted by Gasteiger charge is -2.09. The number of benzene rings is 2. The summed E-state index contributed by atoms with van der Waals surface area (Å²) in [5, 5.41) is 11.3. The van der Waals surface area contributed by atoms with Crippen LogP contribution in [0.5, 0.6) is 0 Å². The van der Waals surface area contributed by atoms with Gasteiger partial charge < -0.3 is 9.52 Å². The highest BCUT2D eigenvalue weighted by Gasteiger charge is 2.21. The molecule has 1 N–H and O–H groups in total. The van der Waals surface area contributed by atoms with Gasteiger partial charge in [-0.3, -0.25) is 0 Å². The van der Waals surface area contributed by atoms with Gasteiger partial charge in [-0.2, -0.15) is 0 Å². The second kappa shape index (κ2) is 4.89. The fraction of sp³-hybridized carbons (Fsp3) is 0.0667. The fourth-order valence-electron chi connectivity index (χ4n) is 2.05. The minimum absolute atomic E-state index is 0.131. The molecule has 0 fully saturated rings. The Morgan fingerprint density at radius 3 is 2.70 bits per heavy atom. The van der Waals surface area contributed by atoms with Crippen molar-refractivity contribution < 1.29 is 18.3 Å². The van der Waals surface area contributed by atoms with Crippen molar-refractivity contribution in [3.8, 4) is 0 Å². The van der Waals surface area contributed by atoms with Crippen molar-refractivity contribution >= 4 is 22.6 Å². The predicted molar refractivity (Wildman–Crippen MR) is 71.6 cm³/mol. The number of hydrogen-bond donors (Lipinski definition) is 1. The topological polar surface area (TPSA) is 33.4 Å². The first kappa shape index (κ1) is 13.1. The van der Waals surface area contributed by atoms with Gasteiger partial charge in [-0.05, 0) is 30.3 Å². The molecule has 1 unspecified atom stereocenters. The van der Waals surface area contributed by atoms with Gasteiger partial charge >= 0.3 is 0 Å². The molecular weight excluding hydrogens is 286 g/mol. The molecule has 0 saturated heterocycles. The van der Waals surface area contributed by atoms with Crippen LogP contribution in [0.1, 0.15) is 17.4 Å². The molecule has 0 aliphatic carbocycles. The molecule has 2 aromatic carbocycles. The van der Waals surface area contributed by atoms with Gasteiger partial charge in [0.1, 0.15) is 17.4 Å². The van der Waals surface area contributed by atoms with Gasteiger partial charge in [0.2, 0.25) is 0 Å². The van der Waals surface area contributed by atoms with Crippen LogP contribution < -0.4 is 0 Å². The van der Waals surface area contributed by atoms with E-state index in [0.717, 1.165) is 6.07 Å². The van der Waals surface area contributed by atoms with Crippen LogP contribution in [0.3, 0.4) is 0 Å². The zero-order valence-electron chi connectivity index (χ0n) is 10.1. The molecule has 20 heavy (non-hydrogen) atoms. The highest BCUT2D eigenvalue weighted by Crippen LogP contribution is 2.31. The quantitative estimate of drug-likeness (QED) is 0.757. The predicted octanol–water partition coefficient (Wildman–Crippen LogP) is 4.45. The molecule has 3 aromatic rings. The third-order valence-corrected chi connectivity index (χ3v) is 3.28. The van der Waals surface area contributed by atoms with Crippen molar-refractivity contribution in [2.24, 2.45) is 0 Å². The van der Waals surface area contributed by atoms with Crippen LogP contribution in [0.2, 0.25) is 5.02 Å². The molecule has 5 heteroatoms. The fourth-order valence-corrected chi connectivity index (χ4v) is 2.23. The van der Waals surface area contributed by atoms with Crippen LogP contribution in [-0.2, 0) is 0 Å². The summed E-state index contributed by atoms with van der Waals surface area (Å²) in [5.41, 5.74) is 0.343. The summed E-state index contributed by atoms with van der Waals surface area (Å²) in [6.45, 7) is 0. The monoisotopic (exact) mass is 294 g/mol. The summed E-state index contributed by atoms with van der Waals surface area (Å²) < 4.78 is 32.3. The summed E-state index contributed by atoms with van der Waals surface area (Å²) in [5.74, 6) is -1.97. The van der Waals surface area contributed by atoms with Crippen molar-refractivity contribution in [1.82, 2.24) is 0 Å². The summed E-state index contributed by atoms with van der Waals surface area (Å²) >= 11 is 5.86. The number of hydrogen-bond acceptors (Lipinski definition) is 2. The molecule has 1 aromatic heterocycles. The summed E-state index contributed by atoms with van der Waals surface area (Å²) in [6.07, 6.45) is -1.38. The molecule has 0 radical (unpaired) electrons. The Bertz CT molecular complexity index is 783. The molecule has 1 heterocycles. The number of aliphatic hydroxyl groups excluding tert-OH is 1. The number of furan rings is 1. The lowest BCUT2D eigenvalue weighted by Crippen LogP contribution is -2.02.